The molecule has 0 bridgehead atoms. The minimum atomic E-state index is -0.0975. The fraction of sp³-hybridized carbons (Fsp3) is 0.133. The molecule has 112 valence electrons. The first-order chi connectivity index (χ1) is 10.7. The second-order valence-corrected chi connectivity index (χ2v) is 6.81. The monoisotopic (exact) mass is 330 g/mol. The molecule has 0 aliphatic heterocycles. The van der Waals surface area contributed by atoms with E-state index in [1.807, 2.05) is 36.6 Å². The Morgan fingerprint density at radius 3 is 2.82 bits per heavy atom. The molecule has 3 aromatic rings. The smallest absolute Gasteiger partial charge is 0.246 e. The number of rotatable bonds is 5. The number of thiazole rings is 1. The van der Waals surface area contributed by atoms with Gasteiger partial charge in [0.2, 0.25) is 5.91 Å². The van der Waals surface area contributed by atoms with E-state index in [4.69, 9.17) is 0 Å². The first-order valence-corrected chi connectivity index (χ1v) is 8.36. The van der Waals surface area contributed by atoms with Crippen molar-refractivity contribution in [1.82, 2.24) is 14.8 Å². The van der Waals surface area contributed by atoms with Gasteiger partial charge in [-0.2, -0.15) is 5.10 Å². The molecule has 0 spiro atoms. The number of benzene rings is 1. The average Bonchev–Trinajstić information content (AvgIpc) is 3.13. The Balaban J connectivity index is 1.58. The summed E-state index contributed by atoms with van der Waals surface area (Å²) in [5.41, 5.74) is 1.81. The Morgan fingerprint density at radius 1 is 1.36 bits per heavy atom. The molecule has 0 saturated heterocycles. The van der Waals surface area contributed by atoms with Gasteiger partial charge in [-0.15, -0.1) is 11.3 Å². The number of amides is 1. The van der Waals surface area contributed by atoms with Crippen molar-refractivity contribution >= 4 is 34.7 Å². The highest BCUT2D eigenvalue weighted by atomic mass is 32.2. The maximum Gasteiger partial charge on any atom is 0.246 e. The average molecular weight is 330 g/mol. The number of carbonyl (C=O) groups excluding carboxylic acids is 1. The fourth-order valence-electron chi connectivity index (χ4n) is 1.83. The van der Waals surface area contributed by atoms with Crippen LogP contribution in [0.3, 0.4) is 0 Å². The number of anilines is 1. The van der Waals surface area contributed by atoms with Crippen LogP contribution in [0.25, 0.3) is 0 Å². The number of nitrogens with one attached hydrogen (secondary N) is 1. The lowest BCUT2D eigenvalue weighted by atomic mass is 10.3. The van der Waals surface area contributed by atoms with Gasteiger partial charge in [0, 0.05) is 34.1 Å². The molecule has 0 atom stereocenters. The first kappa shape index (κ1) is 14.8. The van der Waals surface area contributed by atoms with Gasteiger partial charge in [0.05, 0.1) is 0 Å². The molecule has 1 amide bonds. The van der Waals surface area contributed by atoms with E-state index in [-0.39, 0.29) is 12.5 Å². The third-order valence-electron chi connectivity index (χ3n) is 2.81. The molecule has 5 nitrogen and oxygen atoms in total. The highest BCUT2D eigenvalue weighted by Crippen LogP contribution is 2.30. The summed E-state index contributed by atoms with van der Waals surface area (Å²) in [4.78, 5) is 17.4. The van der Waals surface area contributed by atoms with Gasteiger partial charge in [0.1, 0.15) is 6.54 Å². The zero-order valence-corrected chi connectivity index (χ0v) is 13.5. The largest absolute Gasteiger partial charge is 0.324 e. The van der Waals surface area contributed by atoms with Crippen molar-refractivity contribution < 1.29 is 4.79 Å². The van der Waals surface area contributed by atoms with Gasteiger partial charge in [-0.3, -0.25) is 9.48 Å². The van der Waals surface area contributed by atoms with Crippen LogP contribution in [-0.2, 0) is 11.3 Å². The van der Waals surface area contributed by atoms with E-state index in [0.717, 1.165) is 20.6 Å². The molecule has 0 fully saturated rings. The van der Waals surface area contributed by atoms with Crippen LogP contribution in [0.4, 0.5) is 5.69 Å². The molecular formula is C15H14N4OS2. The summed E-state index contributed by atoms with van der Waals surface area (Å²) in [7, 11) is 0. The number of aryl methyl sites for hydroxylation is 1. The van der Waals surface area contributed by atoms with Crippen LogP contribution >= 0.6 is 23.1 Å². The molecule has 1 N–H and O–H groups in total. The molecule has 0 unspecified atom stereocenters. The Bertz CT molecular complexity index is 750. The topological polar surface area (TPSA) is 59.8 Å². The second kappa shape index (κ2) is 6.76. The number of carbonyl (C=O) groups is 1. The second-order valence-electron chi connectivity index (χ2n) is 4.63. The van der Waals surface area contributed by atoms with Crippen molar-refractivity contribution in [3.8, 4) is 0 Å². The maximum atomic E-state index is 11.9. The van der Waals surface area contributed by atoms with Crippen molar-refractivity contribution in [2.45, 2.75) is 22.7 Å². The molecule has 0 aliphatic rings. The van der Waals surface area contributed by atoms with Gasteiger partial charge >= 0.3 is 0 Å². The van der Waals surface area contributed by atoms with Gasteiger partial charge in [-0.05, 0) is 37.3 Å². The summed E-state index contributed by atoms with van der Waals surface area (Å²) < 4.78 is 2.61. The SMILES string of the molecule is Cc1csc(Sc2ccc(NC(=O)Cn3cccn3)cc2)n1. The van der Waals surface area contributed by atoms with Crippen molar-refractivity contribution in [2.24, 2.45) is 0 Å². The normalized spacial score (nSPS) is 10.6. The van der Waals surface area contributed by atoms with E-state index < -0.39 is 0 Å². The molecule has 0 saturated carbocycles. The van der Waals surface area contributed by atoms with Gasteiger partial charge in [0.25, 0.3) is 0 Å². The lowest BCUT2D eigenvalue weighted by Gasteiger charge is -2.06. The first-order valence-electron chi connectivity index (χ1n) is 6.66. The van der Waals surface area contributed by atoms with Crippen LogP contribution in [-0.4, -0.2) is 20.7 Å². The standard InChI is InChI=1S/C15H14N4OS2/c1-11-10-21-15(17-11)22-13-5-3-12(4-6-13)18-14(20)9-19-8-2-7-16-19/h2-8,10H,9H2,1H3,(H,18,20). The summed E-state index contributed by atoms with van der Waals surface area (Å²) in [6.07, 6.45) is 3.41. The Labute approximate surface area is 136 Å². The maximum absolute atomic E-state index is 11.9. The number of hydrogen-bond donors (Lipinski definition) is 1. The minimum absolute atomic E-state index is 0.0975. The van der Waals surface area contributed by atoms with Crippen molar-refractivity contribution in [1.29, 1.82) is 0 Å². The molecule has 7 heteroatoms. The van der Waals surface area contributed by atoms with E-state index in [2.05, 4.69) is 15.4 Å². The predicted octanol–water partition coefficient (Wildman–Crippen LogP) is 3.44. The summed E-state index contributed by atoms with van der Waals surface area (Å²) >= 11 is 3.25. The molecule has 0 aliphatic carbocycles. The lowest BCUT2D eigenvalue weighted by molar-refractivity contribution is -0.116. The Morgan fingerprint density at radius 2 is 2.18 bits per heavy atom. The quantitative estimate of drug-likeness (QED) is 0.778. The van der Waals surface area contributed by atoms with Gasteiger partial charge in [0.15, 0.2) is 4.34 Å². The molecule has 0 radical (unpaired) electrons. The van der Waals surface area contributed by atoms with Crippen LogP contribution < -0.4 is 5.32 Å². The van der Waals surface area contributed by atoms with Crippen LogP contribution in [0.1, 0.15) is 5.69 Å². The molecule has 22 heavy (non-hydrogen) atoms. The van der Waals surface area contributed by atoms with E-state index in [0.29, 0.717) is 0 Å². The van der Waals surface area contributed by atoms with E-state index in [1.54, 1.807) is 46.2 Å². The van der Waals surface area contributed by atoms with Crippen LogP contribution in [0.15, 0.2) is 57.3 Å². The van der Waals surface area contributed by atoms with Gasteiger partial charge < -0.3 is 5.32 Å². The highest BCUT2D eigenvalue weighted by Gasteiger charge is 2.05. The molecule has 2 heterocycles. The van der Waals surface area contributed by atoms with E-state index >= 15 is 0 Å². The molecule has 2 aromatic heterocycles. The third-order valence-corrected chi connectivity index (χ3v) is 4.87. The van der Waals surface area contributed by atoms with E-state index in [9.17, 15) is 4.79 Å². The lowest BCUT2D eigenvalue weighted by Crippen LogP contribution is -2.18. The zero-order valence-electron chi connectivity index (χ0n) is 11.9. The summed E-state index contributed by atoms with van der Waals surface area (Å²) in [5.74, 6) is -0.0975. The summed E-state index contributed by atoms with van der Waals surface area (Å²) in [6, 6.07) is 9.53. The van der Waals surface area contributed by atoms with Crippen LogP contribution in [0, 0.1) is 6.92 Å². The van der Waals surface area contributed by atoms with Crippen LogP contribution in [0.2, 0.25) is 0 Å². The van der Waals surface area contributed by atoms with Crippen LogP contribution in [0.5, 0.6) is 0 Å². The van der Waals surface area contributed by atoms with Crippen molar-refractivity contribution in [2.75, 3.05) is 5.32 Å². The Hall–Kier alpha value is -2.12. The predicted molar refractivity (Wildman–Crippen MR) is 88.3 cm³/mol. The third kappa shape index (κ3) is 3.96. The summed E-state index contributed by atoms with van der Waals surface area (Å²) in [5, 5.41) is 8.89. The summed E-state index contributed by atoms with van der Waals surface area (Å²) in [6.45, 7) is 2.20. The number of hydrogen-bond acceptors (Lipinski definition) is 5. The zero-order chi connectivity index (χ0) is 15.4. The van der Waals surface area contributed by atoms with Crippen molar-refractivity contribution in [3.05, 3.63) is 53.8 Å². The fourth-order valence-corrected chi connectivity index (χ4v) is 3.64. The molecular weight excluding hydrogens is 316 g/mol. The number of nitrogens with zero attached hydrogens (tertiary/aromatic N) is 3. The van der Waals surface area contributed by atoms with Gasteiger partial charge in [-0.1, -0.05) is 11.8 Å². The van der Waals surface area contributed by atoms with Crippen molar-refractivity contribution in [3.63, 3.8) is 0 Å². The Kier molecular flexibility index (Phi) is 4.55. The minimum Gasteiger partial charge on any atom is -0.324 e. The van der Waals surface area contributed by atoms with E-state index in [1.165, 1.54) is 0 Å². The molecule has 1 aromatic carbocycles. The molecule has 3 rings (SSSR count). The van der Waals surface area contributed by atoms with Gasteiger partial charge in [-0.25, -0.2) is 4.98 Å². The number of aromatic nitrogens is 3. The highest BCUT2D eigenvalue weighted by molar-refractivity contribution is 8.01.